The van der Waals surface area contributed by atoms with Gasteiger partial charge in [-0.15, -0.1) is 0 Å². The van der Waals surface area contributed by atoms with Crippen LogP contribution in [0.2, 0.25) is 0 Å². The van der Waals surface area contributed by atoms with Gasteiger partial charge in [0.1, 0.15) is 5.82 Å². The molecule has 0 aliphatic carbocycles. The number of carbonyl (C=O) groups excluding carboxylic acids is 1. The summed E-state index contributed by atoms with van der Waals surface area (Å²) >= 11 is 0. The summed E-state index contributed by atoms with van der Waals surface area (Å²) in [6.07, 6.45) is -0.245. The number of alkyl halides is 1. The summed E-state index contributed by atoms with van der Waals surface area (Å²) < 4.78 is 27.5. The third-order valence-corrected chi connectivity index (χ3v) is 3.86. The fourth-order valence-electron chi connectivity index (χ4n) is 2.52. The minimum atomic E-state index is -1.91. The molecule has 2 atom stereocenters. The fourth-order valence-corrected chi connectivity index (χ4v) is 2.52. The zero-order valence-electron chi connectivity index (χ0n) is 13.9. The average molecular weight is 375 g/mol. The van der Waals surface area contributed by atoms with Gasteiger partial charge in [0.05, 0.1) is 10.8 Å². The van der Waals surface area contributed by atoms with Crippen LogP contribution in [0.1, 0.15) is 29.6 Å². The highest BCUT2D eigenvalue weighted by atomic mass is 19.1. The maximum absolute atomic E-state index is 14.1. The van der Waals surface area contributed by atoms with Gasteiger partial charge in [0, 0.05) is 11.6 Å². The summed E-state index contributed by atoms with van der Waals surface area (Å²) in [5.41, 5.74) is -0.719. The van der Waals surface area contributed by atoms with Crippen molar-refractivity contribution in [3.8, 4) is 0 Å². The molecule has 27 heavy (non-hydrogen) atoms. The van der Waals surface area contributed by atoms with Crippen LogP contribution < -0.4 is 0 Å². The average Bonchev–Trinajstić information content (AvgIpc) is 2.64. The number of hydrogen-bond acceptors (Lipinski definition) is 4. The molecular formula is C19H15F2NO5. The normalized spacial score (nSPS) is 13.3. The Balaban J connectivity index is 2.19. The Morgan fingerprint density at radius 1 is 1.19 bits per heavy atom. The number of aliphatic carboxylic acids is 1. The highest BCUT2D eigenvalue weighted by Gasteiger charge is 2.27. The lowest BCUT2D eigenvalue weighted by atomic mass is 9.93. The molecule has 1 N–H and O–H groups in total. The van der Waals surface area contributed by atoms with E-state index in [4.69, 9.17) is 0 Å². The first-order chi connectivity index (χ1) is 12.8. The van der Waals surface area contributed by atoms with Crippen molar-refractivity contribution in [2.45, 2.75) is 18.5 Å². The SMILES string of the molecule is O=C(/C=C/CC(C(=O)O)c1cc(F)ccc1[N+](=O)[O-])C(F)c1ccccc1. The number of nitro groups is 1. The number of nitro benzene ring substituents is 1. The molecule has 2 aromatic rings. The fraction of sp³-hybridized carbons (Fsp3) is 0.158. The number of carboxylic acids is 1. The summed E-state index contributed by atoms with van der Waals surface area (Å²) in [6.45, 7) is 0. The maximum Gasteiger partial charge on any atom is 0.311 e. The molecule has 0 aliphatic heterocycles. The van der Waals surface area contributed by atoms with E-state index in [9.17, 15) is 33.6 Å². The first kappa shape index (κ1) is 19.9. The molecule has 0 heterocycles. The van der Waals surface area contributed by atoms with Crippen LogP contribution in [-0.4, -0.2) is 21.8 Å². The van der Waals surface area contributed by atoms with Crippen molar-refractivity contribution < 1.29 is 28.4 Å². The topological polar surface area (TPSA) is 97.5 Å². The van der Waals surface area contributed by atoms with Gasteiger partial charge in [0.25, 0.3) is 5.69 Å². The van der Waals surface area contributed by atoms with Gasteiger partial charge in [-0.2, -0.15) is 0 Å². The number of hydrogen-bond donors (Lipinski definition) is 1. The van der Waals surface area contributed by atoms with E-state index in [-0.39, 0.29) is 17.5 Å². The van der Waals surface area contributed by atoms with Crippen molar-refractivity contribution in [1.29, 1.82) is 0 Å². The van der Waals surface area contributed by atoms with Crippen molar-refractivity contribution in [1.82, 2.24) is 0 Å². The molecule has 2 aromatic carbocycles. The molecule has 0 spiro atoms. The molecule has 0 saturated carbocycles. The maximum atomic E-state index is 14.1. The van der Waals surface area contributed by atoms with Gasteiger partial charge in [-0.3, -0.25) is 19.7 Å². The van der Waals surface area contributed by atoms with Crippen LogP contribution in [0.15, 0.2) is 60.7 Å². The molecule has 0 amide bonds. The molecule has 0 fully saturated rings. The van der Waals surface area contributed by atoms with E-state index in [1.165, 1.54) is 12.1 Å². The van der Waals surface area contributed by atoms with Gasteiger partial charge in [0.15, 0.2) is 12.0 Å². The lowest BCUT2D eigenvalue weighted by Crippen LogP contribution is -2.13. The van der Waals surface area contributed by atoms with Crippen LogP contribution in [0.4, 0.5) is 14.5 Å². The highest BCUT2D eigenvalue weighted by molar-refractivity contribution is 5.94. The lowest BCUT2D eigenvalue weighted by Gasteiger charge is -2.11. The standard InChI is InChI=1S/C19H15F2NO5/c20-13-9-10-16(22(26)27)15(11-13)14(19(24)25)7-4-8-17(23)18(21)12-5-2-1-3-6-12/h1-6,8-11,14,18H,7H2,(H,24,25)/b8-4+. The Kier molecular flexibility index (Phi) is 6.48. The Bertz CT molecular complexity index is 883. The lowest BCUT2D eigenvalue weighted by molar-refractivity contribution is -0.385. The summed E-state index contributed by atoms with van der Waals surface area (Å²) in [5, 5.41) is 20.4. The second kappa shape index (κ2) is 8.79. The third kappa shape index (κ3) is 5.04. The number of halogens is 2. The number of carbonyl (C=O) groups is 2. The third-order valence-electron chi connectivity index (χ3n) is 3.86. The van der Waals surface area contributed by atoms with E-state index in [0.717, 1.165) is 30.4 Å². The van der Waals surface area contributed by atoms with E-state index in [2.05, 4.69) is 0 Å². The van der Waals surface area contributed by atoms with Crippen molar-refractivity contribution >= 4 is 17.4 Å². The quantitative estimate of drug-likeness (QED) is 0.425. The second-order valence-corrected chi connectivity index (χ2v) is 5.66. The Labute approximate surface area is 152 Å². The van der Waals surface area contributed by atoms with Crippen molar-refractivity contribution in [2.75, 3.05) is 0 Å². The molecular weight excluding hydrogens is 360 g/mol. The van der Waals surface area contributed by atoms with Gasteiger partial charge in [-0.05, 0) is 30.2 Å². The minimum Gasteiger partial charge on any atom is -0.481 e. The second-order valence-electron chi connectivity index (χ2n) is 5.66. The van der Waals surface area contributed by atoms with E-state index in [0.29, 0.717) is 0 Å². The minimum absolute atomic E-state index is 0.155. The predicted octanol–water partition coefficient (Wildman–Crippen LogP) is 4.13. The van der Waals surface area contributed by atoms with Gasteiger partial charge in [-0.1, -0.05) is 36.4 Å². The number of benzene rings is 2. The van der Waals surface area contributed by atoms with Crippen LogP contribution in [0.5, 0.6) is 0 Å². The molecule has 0 saturated heterocycles. The summed E-state index contributed by atoms with van der Waals surface area (Å²) in [6, 6.07) is 10.2. The van der Waals surface area contributed by atoms with Gasteiger partial charge >= 0.3 is 5.97 Å². The molecule has 140 valence electrons. The smallest absolute Gasteiger partial charge is 0.311 e. The van der Waals surface area contributed by atoms with E-state index in [1.54, 1.807) is 18.2 Å². The van der Waals surface area contributed by atoms with Gasteiger partial charge in [0.2, 0.25) is 0 Å². The molecule has 0 bridgehead atoms. The van der Waals surface area contributed by atoms with E-state index < -0.39 is 40.3 Å². The van der Waals surface area contributed by atoms with Crippen LogP contribution in [-0.2, 0) is 9.59 Å². The largest absolute Gasteiger partial charge is 0.481 e. The Hall–Kier alpha value is -3.42. The number of carboxylic acid groups (broad SMARTS) is 1. The Morgan fingerprint density at radius 2 is 1.85 bits per heavy atom. The number of nitrogens with zero attached hydrogens (tertiary/aromatic N) is 1. The van der Waals surface area contributed by atoms with E-state index in [1.807, 2.05) is 0 Å². The highest BCUT2D eigenvalue weighted by Crippen LogP contribution is 2.30. The van der Waals surface area contributed by atoms with Crippen LogP contribution in [0.25, 0.3) is 0 Å². The zero-order valence-corrected chi connectivity index (χ0v) is 13.9. The first-order valence-corrected chi connectivity index (χ1v) is 7.87. The van der Waals surface area contributed by atoms with Gasteiger partial charge < -0.3 is 5.11 Å². The van der Waals surface area contributed by atoms with Crippen molar-refractivity contribution in [3.05, 3.63) is 87.7 Å². The monoisotopic (exact) mass is 375 g/mol. The number of rotatable bonds is 8. The van der Waals surface area contributed by atoms with Crippen LogP contribution >= 0.6 is 0 Å². The first-order valence-electron chi connectivity index (χ1n) is 7.87. The van der Waals surface area contributed by atoms with Crippen LogP contribution in [0, 0.1) is 15.9 Å². The summed E-state index contributed by atoms with van der Waals surface area (Å²) in [7, 11) is 0. The molecule has 0 aromatic heterocycles. The van der Waals surface area contributed by atoms with E-state index >= 15 is 0 Å². The molecule has 8 heteroatoms. The number of allylic oxidation sites excluding steroid dienone is 2. The molecule has 6 nitrogen and oxygen atoms in total. The summed E-state index contributed by atoms with van der Waals surface area (Å²) in [5.74, 6) is -4.60. The molecule has 2 unspecified atom stereocenters. The molecule has 0 radical (unpaired) electrons. The summed E-state index contributed by atoms with van der Waals surface area (Å²) in [4.78, 5) is 33.6. The number of ketones is 1. The molecule has 2 rings (SSSR count). The van der Waals surface area contributed by atoms with Gasteiger partial charge in [-0.25, -0.2) is 8.78 Å². The molecule has 0 aliphatic rings. The van der Waals surface area contributed by atoms with Crippen LogP contribution in [0.3, 0.4) is 0 Å². The Morgan fingerprint density at radius 3 is 2.44 bits per heavy atom. The van der Waals surface area contributed by atoms with Crippen molar-refractivity contribution in [3.63, 3.8) is 0 Å². The predicted molar refractivity (Wildman–Crippen MR) is 92.5 cm³/mol. The van der Waals surface area contributed by atoms with Crippen molar-refractivity contribution in [2.24, 2.45) is 0 Å². The zero-order chi connectivity index (χ0) is 20.0.